The maximum Gasteiger partial charge on any atom is 0.305 e. The van der Waals surface area contributed by atoms with Crippen LogP contribution in [0, 0.1) is 0 Å². The largest absolute Gasteiger partial charge is 0.312 e. The first-order valence-electron chi connectivity index (χ1n) is 7.99. The zero-order valence-corrected chi connectivity index (χ0v) is 14.8. The van der Waals surface area contributed by atoms with Crippen molar-refractivity contribution in [3.8, 4) is 0 Å². The summed E-state index contributed by atoms with van der Waals surface area (Å²) in [7, 11) is 0. The van der Waals surface area contributed by atoms with E-state index in [4.69, 9.17) is 0 Å². The number of aromatic nitrogens is 1. The van der Waals surface area contributed by atoms with E-state index in [0.717, 1.165) is 15.8 Å². The summed E-state index contributed by atoms with van der Waals surface area (Å²) in [6.45, 7) is 0. The Morgan fingerprint density at radius 2 is 1.52 bits per heavy atom. The van der Waals surface area contributed by atoms with Crippen LogP contribution in [0.15, 0.2) is 81.3 Å². The lowest BCUT2D eigenvalue weighted by Gasteiger charge is -2.22. The standard InChI is InChI=1S/C21H13NOS2/c23-21-22-17-12-13(9-10-20(17)25-21)11-16-14-5-1-3-7-18(14)24-19-8-4-2-6-15(16)19/h1-12H,(H,22,23). The van der Waals surface area contributed by atoms with Crippen LogP contribution in [0.1, 0.15) is 16.7 Å². The normalized spacial score (nSPS) is 12.7. The second-order valence-electron chi connectivity index (χ2n) is 5.92. The van der Waals surface area contributed by atoms with Gasteiger partial charge < -0.3 is 4.98 Å². The van der Waals surface area contributed by atoms with Gasteiger partial charge in [0.05, 0.1) is 10.2 Å². The molecule has 0 fully saturated rings. The fourth-order valence-corrected chi connectivity index (χ4v) is 5.02. The van der Waals surface area contributed by atoms with Crippen molar-refractivity contribution in [2.45, 2.75) is 9.79 Å². The SMILES string of the molecule is O=c1[nH]c2cc(C=C3c4ccccc4Sc4ccccc43)ccc2s1. The Labute approximate surface area is 152 Å². The molecule has 0 atom stereocenters. The first-order valence-corrected chi connectivity index (χ1v) is 9.62. The summed E-state index contributed by atoms with van der Waals surface area (Å²) in [5.74, 6) is 0. The molecule has 3 aromatic carbocycles. The highest BCUT2D eigenvalue weighted by molar-refractivity contribution is 7.99. The van der Waals surface area contributed by atoms with Gasteiger partial charge in [0.15, 0.2) is 0 Å². The van der Waals surface area contributed by atoms with Crippen molar-refractivity contribution in [3.05, 3.63) is 93.1 Å². The highest BCUT2D eigenvalue weighted by Gasteiger charge is 2.20. The van der Waals surface area contributed by atoms with E-state index in [0.29, 0.717) is 0 Å². The first kappa shape index (κ1) is 14.8. The fourth-order valence-electron chi connectivity index (χ4n) is 3.20. The quantitative estimate of drug-likeness (QED) is 0.420. The van der Waals surface area contributed by atoms with Gasteiger partial charge in [-0.05, 0) is 52.6 Å². The molecule has 0 amide bonds. The van der Waals surface area contributed by atoms with E-state index < -0.39 is 0 Å². The van der Waals surface area contributed by atoms with E-state index >= 15 is 0 Å². The van der Waals surface area contributed by atoms with Gasteiger partial charge in [-0.25, -0.2) is 0 Å². The van der Waals surface area contributed by atoms with E-state index in [1.165, 1.54) is 37.8 Å². The average Bonchev–Trinajstić information content (AvgIpc) is 3.01. The second-order valence-corrected chi connectivity index (χ2v) is 8.02. The van der Waals surface area contributed by atoms with Crippen molar-refractivity contribution in [3.63, 3.8) is 0 Å². The Morgan fingerprint density at radius 3 is 2.24 bits per heavy atom. The predicted molar refractivity (Wildman–Crippen MR) is 106 cm³/mol. The molecule has 120 valence electrons. The summed E-state index contributed by atoms with van der Waals surface area (Å²) in [5.41, 5.74) is 5.72. The number of hydrogen-bond acceptors (Lipinski definition) is 3. The van der Waals surface area contributed by atoms with E-state index in [-0.39, 0.29) is 4.87 Å². The summed E-state index contributed by atoms with van der Waals surface area (Å²) < 4.78 is 0.993. The van der Waals surface area contributed by atoms with E-state index in [2.05, 4.69) is 65.7 Å². The minimum atomic E-state index is -0.00967. The van der Waals surface area contributed by atoms with E-state index in [1.54, 1.807) is 0 Å². The molecule has 1 aromatic heterocycles. The molecule has 1 N–H and O–H groups in total. The van der Waals surface area contributed by atoms with Crippen LogP contribution in [0.2, 0.25) is 0 Å². The van der Waals surface area contributed by atoms with Gasteiger partial charge in [0, 0.05) is 9.79 Å². The maximum absolute atomic E-state index is 11.6. The highest BCUT2D eigenvalue weighted by atomic mass is 32.2. The van der Waals surface area contributed by atoms with Crippen LogP contribution in [0.3, 0.4) is 0 Å². The number of hydrogen-bond donors (Lipinski definition) is 1. The molecule has 0 bridgehead atoms. The summed E-state index contributed by atoms with van der Waals surface area (Å²) in [5, 5.41) is 0. The molecule has 4 heteroatoms. The third kappa shape index (κ3) is 2.54. The summed E-state index contributed by atoms with van der Waals surface area (Å²) in [4.78, 5) is 17.0. The van der Waals surface area contributed by atoms with Crippen LogP contribution in [0.4, 0.5) is 0 Å². The Hall–Kier alpha value is -2.56. The van der Waals surface area contributed by atoms with Crippen molar-refractivity contribution in [2.75, 3.05) is 0 Å². The minimum absolute atomic E-state index is 0.00967. The molecule has 1 aliphatic heterocycles. The Morgan fingerprint density at radius 1 is 0.840 bits per heavy atom. The van der Waals surface area contributed by atoms with Gasteiger partial charge in [0.1, 0.15) is 0 Å². The van der Waals surface area contributed by atoms with Crippen LogP contribution in [0.25, 0.3) is 21.9 Å². The fraction of sp³-hybridized carbons (Fsp3) is 0. The minimum Gasteiger partial charge on any atom is -0.312 e. The van der Waals surface area contributed by atoms with Crippen LogP contribution >= 0.6 is 23.1 Å². The van der Waals surface area contributed by atoms with Crippen molar-refractivity contribution in [2.24, 2.45) is 0 Å². The van der Waals surface area contributed by atoms with Crippen molar-refractivity contribution in [1.82, 2.24) is 4.98 Å². The molecule has 0 saturated carbocycles. The van der Waals surface area contributed by atoms with Gasteiger partial charge >= 0.3 is 4.87 Å². The molecule has 0 unspecified atom stereocenters. The predicted octanol–water partition coefficient (Wildman–Crippen LogP) is 5.64. The molecule has 0 radical (unpaired) electrons. The number of fused-ring (bicyclic) bond motifs is 3. The number of H-pyrrole nitrogens is 1. The second kappa shape index (κ2) is 5.76. The van der Waals surface area contributed by atoms with Crippen LogP contribution in [0.5, 0.6) is 0 Å². The number of rotatable bonds is 1. The zero-order valence-electron chi connectivity index (χ0n) is 13.2. The molecule has 0 saturated heterocycles. The summed E-state index contributed by atoms with van der Waals surface area (Å²) in [6.07, 6.45) is 2.22. The van der Waals surface area contributed by atoms with E-state index in [9.17, 15) is 4.79 Å². The molecule has 2 nitrogen and oxygen atoms in total. The molecule has 1 aliphatic rings. The van der Waals surface area contributed by atoms with Crippen LogP contribution < -0.4 is 4.87 Å². The highest BCUT2D eigenvalue weighted by Crippen LogP contribution is 2.45. The third-order valence-electron chi connectivity index (χ3n) is 4.33. The molecule has 2 heterocycles. The van der Waals surface area contributed by atoms with Gasteiger partial charge in [0.25, 0.3) is 0 Å². The molecule has 25 heavy (non-hydrogen) atoms. The van der Waals surface area contributed by atoms with Crippen molar-refractivity contribution >= 4 is 45.0 Å². The smallest absolute Gasteiger partial charge is 0.305 e. The van der Waals surface area contributed by atoms with Crippen LogP contribution in [-0.2, 0) is 0 Å². The van der Waals surface area contributed by atoms with Gasteiger partial charge in [0.2, 0.25) is 0 Å². The number of benzene rings is 3. The maximum atomic E-state index is 11.6. The monoisotopic (exact) mass is 359 g/mol. The van der Waals surface area contributed by atoms with Gasteiger partial charge in [-0.3, -0.25) is 4.79 Å². The van der Waals surface area contributed by atoms with E-state index in [1.807, 2.05) is 23.9 Å². The van der Waals surface area contributed by atoms with Crippen molar-refractivity contribution < 1.29 is 0 Å². The lowest BCUT2D eigenvalue weighted by Crippen LogP contribution is -1.98. The number of nitrogens with one attached hydrogen (secondary N) is 1. The average molecular weight is 359 g/mol. The molecular weight excluding hydrogens is 346 g/mol. The molecule has 0 spiro atoms. The number of aromatic amines is 1. The zero-order chi connectivity index (χ0) is 16.8. The summed E-state index contributed by atoms with van der Waals surface area (Å²) >= 11 is 3.06. The Balaban J connectivity index is 1.74. The Bertz CT molecular complexity index is 1150. The van der Waals surface area contributed by atoms with Gasteiger partial charge in [-0.2, -0.15) is 0 Å². The Kier molecular flexibility index (Phi) is 3.40. The lowest BCUT2D eigenvalue weighted by molar-refractivity contribution is 1.29. The molecular formula is C21H13NOS2. The molecule has 4 aromatic rings. The topological polar surface area (TPSA) is 32.9 Å². The van der Waals surface area contributed by atoms with Crippen molar-refractivity contribution in [1.29, 1.82) is 0 Å². The summed E-state index contributed by atoms with van der Waals surface area (Å²) in [6, 6.07) is 23.2. The van der Waals surface area contributed by atoms with Gasteiger partial charge in [-0.15, -0.1) is 0 Å². The molecule has 5 rings (SSSR count). The lowest BCUT2D eigenvalue weighted by atomic mass is 9.95. The van der Waals surface area contributed by atoms with Crippen LogP contribution in [-0.4, -0.2) is 4.98 Å². The molecule has 0 aliphatic carbocycles. The first-order chi connectivity index (χ1) is 12.3. The van der Waals surface area contributed by atoms with Gasteiger partial charge in [-0.1, -0.05) is 65.6 Å². The number of thiazole rings is 1. The third-order valence-corrected chi connectivity index (χ3v) is 6.34.